The minimum atomic E-state index is -3.95. The Morgan fingerprint density at radius 2 is 1.89 bits per heavy atom. The van der Waals surface area contributed by atoms with E-state index in [-0.39, 0.29) is 22.5 Å². The van der Waals surface area contributed by atoms with Gasteiger partial charge in [0, 0.05) is 22.9 Å². The van der Waals surface area contributed by atoms with Crippen molar-refractivity contribution in [2.24, 2.45) is 0 Å². The lowest BCUT2D eigenvalue weighted by Crippen LogP contribution is -2.14. The number of sulfonamides is 1. The first kappa shape index (κ1) is 23.0. The summed E-state index contributed by atoms with van der Waals surface area (Å²) in [6.45, 7) is 3.70. The van der Waals surface area contributed by atoms with Crippen LogP contribution < -0.4 is 4.72 Å². The lowest BCUT2D eigenvalue weighted by atomic mass is 9.99. The van der Waals surface area contributed by atoms with Crippen LogP contribution in [-0.4, -0.2) is 39.8 Å². The fraction of sp³-hybridized carbons (Fsp3) is 0.280. The topological polar surface area (TPSA) is 145 Å². The highest BCUT2D eigenvalue weighted by Crippen LogP contribution is 2.38. The predicted octanol–water partition coefficient (Wildman–Crippen LogP) is 3.94. The smallest absolute Gasteiger partial charge is 0.263 e. The molecule has 178 valence electrons. The maximum absolute atomic E-state index is 12.9. The Hall–Kier alpha value is -3.81. The third-order valence-corrected chi connectivity index (χ3v) is 7.78. The number of aliphatic hydroxyl groups excluding tert-OH is 1. The average Bonchev–Trinajstić information content (AvgIpc) is 3.44. The van der Waals surface area contributed by atoms with E-state index in [4.69, 9.17) is 4.98 Å². The van der Waals surface area contributed by atoms with Crippen molar-refractivity contribution in [3.8, 4) is 17.5 Å². The molecule has 0 spiro atoms. The van der Waals surface area contributed by atoms with Crippen LogP contribution in [0.2, 0.25) is 0 Å². The van der Waals surface area contributed by atoms with Crippen LogP contribution in [0.15, 0.2) is 47.4 Å². The van der Waals surface area contributed by atoms with Crippen LogP contribution in [0.4, 0.5) is 5.69 Å². The van der Waals surface area contributed by atoms with Gasteiger partial charge in [0.1, 0.15) is 11.0 Å². The monoisotopic (exact) mass is 488 g/mol. The zero-order valence-corrected chi connectivity index (χ0v) is 20.1. The fourth-order valence-corrected chi connectivity index (χ4v) is 5.87. The van der Waals surface area contributed by atoms with Crippen molar-refractivity contribution in [2.45, 2.75) is 50.0 Å². The minimum Gasteiger partial charge on any atom is -0.393 e. The van der Waals surface area contributed by atoms with Crippen molar-refractivity contribution in [3.05, 3.63) is 65.0 Å². The first-order valence-electron chi connectivity index (χ1n) is 11.3. The number of rotatable bonds is 5. The minimum absolute atomic E-state index is 0.0600. The van der Waals surface area contributed by atoms with Crippen molar-refractivity contribution >= 4 is 26.7 Å². The fourth-order valence-electron chi connectivity index (χ4n) is 4.57. The summed E-state index contributed by atoms with van der Waals surface area (Å²) < 4.78 is 28.4. The van der Waals surface area contributed by atoms with Gasteiger partial charge >= 0.3 is 0 Å². The number of hydrogen-bond acceptors (Lipinski definition) is 7. The van der Waals surface area contributed by atoms with Gasteiger partial charge < -0.3 is 5.11 Å². The van der Waals surface area contributed by atoms with Crippen molar-refractivity contribution in [1.82, 2.24) is 20.2 Å². The molecule has 4 aromatic rings. The molecule has 3 N–H and O–H groups in total. The van der Waals surface area contributed by atoms with Gasteiger partial charge in [-0.3, -0.25) is 9.82 Å². The molecule has 0 bridgehead atoms. The Balaban J connectivity index is 1.47. The zero-order chi connectivity index (χ0) is 24.7. The summed E-state index contributed by atoms with van der Waals surface area (Å²) >= 11 is 0. The molecule has 0 radical (unpaired) electrons. The molecule has 2 atom stereocenters. The van der Waals surface area contributed by atoms with E-state index in [0.717, 1.165) is 35.2 Å². The molecule has 2 aromatic carbocycles. The quantitative estimate of drug-likeness (QED) is 0.386. The van der Waals surface area contributed by atoms with E-state index in [9.17, 15) is 18.8 Å². The van der Waals surface area contributed by atoms with E-state index in [1.807, 2.05) is 13.0 Å². The molecule has 1 fully saturated rings. The van der Waals surface area contributed by atoms with Gasteiger partial charge in [0.15, 0.2) is 11.5 Å². The van der Waals surface area contributed by atoms with Crippen LogP contribution in [0.25, 0.3) is 22.4 Å². The summed E-state index contributed by atoms with van der Waals surface area (Å²) in [4.78, 5) is 9.40. The highest BCUT2D eigenvalue weighted by atomic mass is 32.2. The van der Waals surface area contributed by atoms with E-state index in [2.05, 4.69) is 19.9 Å². The standard InChI is InChI=1S/C25H24N6O3S/c1-14-3-4-18(13-26)21(11-14)35(33,34)31-19-8-5-16(6-9-19)24-27-23(17-7-10-20(32)12-17)22-15(2)29-30-25(22)28-24/h3-6,8-9,11,17,20,31-32H,7,10,12H2,1-2H3,(H,27,28,29,30). The summed E-state index contributed by atoms with van der Waals surface area (Å²) in [5, 5.41) is 27.6. The number of hydrogen-bond donors (Lipinski definition) is 3. The van der Waals surface area contributed by atoms with E-state index >= 15 is 0 Å². The van der Waals surface area contributed by atoms with E-state index in [1.54, 1.807) is 37.3 Å². The molecule has 1 aliphatic carbocycles. The third-order valence-electron chi connectivity index (χ3n) is 6.36. The van der Waals surface area contributed by atoms with Crippen LogP contribution in [0, 0.1) is 25.2 Å². The molecule has 0 saturated heterocycles. The van der Waals surface area contributed by atoms with E-state index in [0.29, 0.717) is 29.1 Å². The Bertz CT molecular complexity index is 1570. The number of aryl methyl sites for hydroxylation is 2. The van der Waals surface area contributed by atoms with Gasteiger partial charge in [-0.05, 0) is 75.1 Å². The van der Waals surface area contributed by atoms with E-state index < -0.39 is 10.0 Å². The van der Waals surface area contributed by atoms with Crippen LogP contribution in [0.3, 0.4) is 0 Å². The number of fused-ring (bicyclic) bond motifs is 1. The van der Waals surface area contributed by atoms with Crippen molar-refractivity contribution in [1.29, 1.82) is 5.26 Å². The van der Waals surface area contributed by atoms with Crippen LogP contribution in [-0.2, 0) is 10.0 Å². The highest BCUT2D eigenvalue weighted by Gasteiger charge is 2.29. The van der Waals surface area contributed by atoms with E-state index in [1.165, 1.54) is 12.1 Å². The molecule has 2 aromatic heterocycles. The molecule has 10 heteroatoms. The number of aromatic amines is 1. The summed E-state index contributed by atoms with van der Waals surface area (Å²) in [5.41, 5.74) is 4.23. The first-order valence-corrected chi connectivity index (χ1v) is 12.8. The maximum atomic E-state index is 12.9. The Morgan fingerprint density at radius 1 is 1.11 bits per heavy atom. The number of nitriles is 1. The second-order valence-corrected chi connectivity index (χ2v) is 10.6. The highest BCUT2D eigenvalue weighted by molar-refractivity contribution is 7.92. The van der Waals surface area contributed by atoms with Gasteiger partial charge in [-0.25, -0.2) is 18.4 Å². The van der Waals surface area contributed by atoms with Gasteiger partial charge in [0.05, 0.1) is 22.7 Å². The molecule has 2 heterocycles. The third kappa shape index (κ3) is 4.36. The number of nitrogens with one attached hydrogen (secondary N) is 2. The van der Waals surface area contributed by atoms with Crippen LogP contribution in [0.5, 0.6) is 0 Å². The number of H-pyrrole nitrogens is 1. The molecule has 35 heavy (non-hydrogen) atoms. The maximum Gasteiger partial charge on any atom is 0.263 e. The lowest BCUT2D eigenvalue weighted by molar-refractivity contribution is 0.181. The summed E-state index contributed by atoms with van der Waals surface area (Å²) in [6, 6.07) is 13.4. The number of benzene rings is 2. The molecule has 0 aliphatic heterocycles. The van der Waals surface area contributed by atoms with Crippen LogP contribution >= 0.6 is 0 Å². The average molecular weight is 489 g/mol. The molecule has 1 saturated carbocycles. The molecular formula is C25H24N6O3S. The van der Waals surface area contributed by atoms with Gasteiger partial charge in [-0.1, -0.05) is 6.07 Å². The number of nitrogens with zero attached hydrogens (tertiary/aromatic N) is 4. The number of aliphatic hydroxyl groups is 1. The van der Waals surface area contributed by atoms with Gasteiger partial charge in [0.2, 0.25) is 0 Å². The summed E-state index contributed by atoms with van der Waals surface area (Å²) in [6.07, 6.45) is 1.91. The zero-order valence-electron chi connectivity index (χ0n) is 19.3. The molecule has 1 aliphatic rings. The van der Waals surface area contributed by atoms with Crippen LogP contribution in [0.1, 0.15) is 47.7 Å². The van der Waals surface area contributed by atoms with Crippen molar-refractivity contribution in [2.75, 3.05) is 4.72 Å². The molecule has 2 unspecified atom stereocenters. The summed E-state index contributed by atoms with van der Waals surface area (Å²) in [5.74, 6) is 0.612. The normalized spacial score (nSPS) is 18.0. The molecule has 5 rings (SSSR count). The van der Waals surface area contributed by atoms with Crippen molar-refractivity contribution in [3.63, 3.8) is 0 Å². The second-order valence-electron chi connectivity index (χ2n) is 8.94. The Kier molecular flexibility index (Phi) is 5.75. The van der Waals surface area contributed by atoms with Gasteiger partial charge in [-0.15, -0.1) is 0 Å². The summed E-state index contributed by atoms with van der Waals surface area (Å²) in [7, 11) is -3.95. The van der Waals surface area contributed by atoms with Gasteiger partial charge in [-0.2, -0.15) is 10.4 Å². The Morgan fingerprint density at radius 3 is 2.57 bits per heavy atom. The first-order chi connectivity index (χ1) is 16.7. The largest absolute Gasteiger partial charge is 0.393 e. The number of aromatic nitrogens is 4. The predicted molar refractivity (Wildman–Crippen MR) is 131 cm³/mol. The lowest BCUT2D eigenvalue weighted by Gasteiger charge is -2.13. The molecule has 9 nitrogen and oxygen atoms in total. The second kappa shape index (κ2) is 8.76. The molecular weight excluding hydrogens is 464 g/mol. The van der Waals surface area contributed by atoms with Crippen molar-refractivity contribution < 1.29 is 13.5 Å². The SMILES string of the molecule is Cc1ccc(C#N)c(S(=O)(=O)Nc2ccc(-c3nc(C4CCC(O)C4)c4c(C)[nH]nc4n3)cc2)c1. The van der Waals surface area contributed by atoms with Gasteiger partial charge in [0.25, 0.3) is 10.0 Å². The molecule has 0 amide bonds. The Labute approximate surface area is 202 Å². The number of anilines is 1.